The minimum atomic E-state index is 0.576. The van der Waals surface area contributed by atoms with Crippen LogP contribution < -0.4 is 5.32 Å². The molecule has 23 heavy (non-hydrogen) atoms. The first-order valence-corrected chi connectivity index (χ1v) is 8.13. The highest BCUT2D eigenvalue weighted by Gasteiger charge is 2.16. The average Bonchev–Trinajstić information content (AvgIpc) is 2.82. The molecular weight excluding hydrogens is 284 g/mol. The summed E-state index contributed by atoms with van der Waals surface area (Å²) in [4.78, 5) is 4.74. The number of hydrogen-bond acceptors (Lipinski definition) is 3. The third-order valence-corrected chi connectivity index (χ3v) is 3.92. The highest BCUT2D eigenvalue weighted by Crippen LogP contribution is 2.29. The second kappa shape index (κ2) is 6.03. The fraction of sp³-hybridized carbons (Fsp3) is 0.368. The Morgan fingerprint density at radius 2 is 1.78 bits per heavy atom. The van der Waals surface area contributed by atoms with Gasteiger partial charge in [0, 0.05) is 23.9 Å². The van der Waals surface area contributed by atoms with Crippen LogP contribution in [0.25, 0.3) is 16.8 Å². The van der Waals surface area contributed by atoms with Gasteiger partial charge in [-0.3, -0.25) is 0 Å². The van der Waals surface area contributed by atoms with Crippen LogP contribution in [0.1, 0.15) is 30.8 Å². The molecule has 2 aromatic heterocycles. The Balaban J connectivity index is 2.16. The van der Waals surface area contributed by atoms with E-state index in [9.17, 15) is 0 Å². The molecule has 0 spiro atoms. The van der Waals surface area contributed by atoms with Crippen molar-refractivity contribution in [1.82, 2.24) is 14.6 Å². The summed E-state index contributed by atoms with van der Waals surface area (Å²) in [7, 11) is 0. The predicted molar refractivity (Wildman–Crippen MR) is 96.0 cm³/mol. The maximum absolute atomic E-state index is 4.74. The van der Waals surface area contributed by atoms with Crippen LogP contribution in [0, 0.1) is 26.7 Å². The van der Waals surface area contributed by atoms with Crippen LogP contribution in [0.3, 0.4) is 0 Å². The number of nitrogens with zero attached hydrogens (tertiary/aromatic N) is 3. The monoisotopic (exact) mass is 308 g/mol. The molecule has 0 aliphatic carbocycles. The van der Waals surface area contributed by atoms with Crippen LogP contribution in [0.15, 0.2) is 30.3 Å². The normalized spacial score (nSPS) is 11.4. The molecule has 0 aliphatic rings. The topological polar surface area (TPSA) is 42.2 Å². The number of aryl methyl sites for hydroxylation is 3. The molecule has 3 aromatic rings. The highest BCUT2D eigenvalue weighted by atomic mass is 15.3. The van der Waals surface area contributed by atoms with Crippen LogP contribution in [0.2, 0.25) is 0 Å². The Morgan fingerprint density at radius 1 is 1.09 bits per heavy atom. The van der Waals surface area contributed by atoms with Crippen LogP contribution in [-0.2, 0) is 0 Å². The Labute approximate surface area is 137 Å². The molecule has 4 heteroatoms. The van der Waals surface area contributed by atoms with Gasteiger partial charge in [0.2, 0.25) is 0 Å². The molecule has 0 atom stereocenters. The van der Waals surface area contributed by atoms with Crippen molar-refractivity contribution in [3.8, 4) is 11.1 Å². The van der Waals surface area contributed by atoms with Crippen LogP contribution in [0.5, 0.6) is 0 Å². The molecule has 2 heterocycles. The number of benzene rings is 1. The number of nitrogens with one attached hydrogen (secondary N) is 1. The molecule has 3 rings (SSSR count). The van der Waals surface area contributed by atoms with Crippen LogP contribution in [0.4, 0.5) is 5.82 Å². The number of hydrogen-bond donors (Lipinski definition) is 1. The number of fused-ring (bicyclic) bond motifs is 1. The van der Waals surface area contributed by atoms with Gasteiger partial charge in [0.1, 0.15) is 5.82 Å². The van der Waals surface area contributed by atoms with Gasteiger partial charge in [0.25, 0.3) is 0 Å². The SMILES string of the molecule is Cc1ccc(-c2c(C)nn3c(NCC(C)C)cc(C)nc23)cc1. The second-order valence-corrected chi connectivity index (χ2v) is 6.62. The maximum Gasteiger partial charge on any atom is 0.165 e. The Morgan fingerprint density at radius 3 is 2.43 bits per heavy atom. The predicted octanol–water partition coefficient (Wildman–Crippen LogP) is 4.39. The molecule has 4 nitrogen and oxygen atoms in total. The molecule has 0 radical (unpaired) electrons. The molecule has 0 aliphatic heterocycles. The fourth-order valence-corrected chi connectivity index (χ4v) is 2.74. The van der Waals surface area contributed by atoms with Crippen molar-refractivity contribution in [2.75, 3.05) is 11.9 Å². The molecule has 1 aromatic carbocycles. The summed E-state index contributed by atoms with van der Waals surface area (Å²) in [5, 5.41) is 8.21. The number of anilines is 1. The van der Waals surface area contributed by atoms with Crippen molar-refractivity contribution in [3.63, 3.8) is 0 Å². The first-order valence-electron chi connectivity index (χ1n) is 8.13. The van der Waals surface area contributed by atoms with Gasteiger partial charge >= 0.3 is 0 Å². The van der Waals surface area contributed by atoms with Crippen molar-refractivity contribution in [2.45, 2.75) is 34.6 Å². The Bertz CT molecular complexity index is 829. The zero-order valence-corrected chi connectivity index (χ0v) is 14.5. The van der Waals surface area contributed by atoms with Crippen molar-refractivity contribution in [3.05, 3.63) is 47.3 Å². The van der Waals surface area contributed by atoms with Gasteiger partial charge in [0.05, 0.1) is 5.69 Å². The van der Waals surface area contributed by atoms with E-state index in [2.05, 4.69) is 56.4 Å². The van der Waals surface area contributed by atoms with E-state index in [1.165, 1.54) is 5.56 Å². The summed E-state index contributed by atoms with van der Waals surface area (Å²) in [6.45, 7) is 11.5. The summed E-state index contributed by atoms with van der Waals surface area (Å²) < 4.78 is 1.93. The zero-order valence-electron chi connectivity index (χ0n) is 14.5. The Hall–Kier alpha value is -2.36. The first kappa shape index (κ1) is 15.5. The molecule has 0 fully saturated rings. The first-order chi connectivity index (χ1) is 11.0. The third-order valence-electron chi connectivity index (χ3n) is 3.92. The number of aromatic nitrogens is 3. The molecule has 0 amide bonds. The largest absolute Gasteiger partial charge is 0.370 e. The minimum absolute atomic E-state index is 0.576. The maximum atomic E-state index is 4.74. The van der Waals surface area contributed by atoms with E-state index >= 15 is 0 Å². The van der Waals surface area contributed by atoms with E-state index in [0.29, 0.717) is 5.92 Å². The van der Waals surface area contributed by atoms with E-state index in [1.807, 2.05) is 18.4 Å². The lowest BCUT2D eigenvalue weighted by Crippen LogP contribution is -2.12. The molecule has 0 unspecified atom stereocenters. The van der Waals surface area contributed by atoms with Crippen molar-refractivity contribution >= 4 is 11.5 Å². The lowest BCUT2D eigenvalue weighted by atomic mass is 10.0. The van der Waals surface area contributed by atoms with Gasteiger partial charge in [0.15, 0.2) is 5.65 Å². The van der Waals surface area contributed by atoms with E-state index in [-0.39, 0.29) is 0 Å². The van der Waals surface area contributed by atoms with Crippen LogP contribution >= 0.6 is 0 Å². The average molecular weight is 308 g/mol. The molecule has 120 valence electrons. The smallest absolute Gasteiger partial charge is 0.165 e. The van der Waals surface area contributed by atoms with Gasteiger partial charge in [-0.15, -0.1) is 0 Å². The lowest BCUT2D eigenvalue weighted by Gasteiger charge is -2.11. The summed E-state index contributed by atoms with van der Waals surface area (Å²) >= 11 is 0. The zero-order chi connectivity index (χ0) is 16.6. The minimum Gasteiger partial charge on any atom is -0.370 e. The quantitative estimate of drug-likeness (QED) is 0.777. The molecular formula is C19H24N4. The van der Waals surface area contributed by atoms with Gasteiger partial charge in [-0.1, -0.05) is 43.7 Å². The van der Waals surface area contributed by atoms with E-state index in [0.717, 1.165) is 40.5 Å². The number of rotatable bonds is 4. The van der Waals surface area contributed by atoms with Gasteiger partial charge in [-0.2, -0.15) is 9.61 Å². The fourth-order valence-electron chi connectivity index (χ4n) is 2.74. The molecule has 0 bridgehead atoms. The summed E-state index contributed by atoms with van der Waals surface area (Å²) in [6, 6.07) is 10.6. The van der Waals surface area contributed by atoms with Crippen molar-refractivity contribution in [2.24, 2.45) is 5.92 Å². The summed E-state index contributed by atoms with van der Waals surface area (Å²) in [6.07, 6.45) is 0. The Kier molecular flexibility index (Phi) is 4.07. The molecule has 0 saturated heterocycles. The van der Waals surface area contributed by atoms with E-state index < -0.39 is 0 Å². The lowest BCUT2D eigenvalue weighted by molar-refractivity contribution is 0.683. The van der Waals surface area contributed by atoms with E-state index in [1.54, 1.807) is 0 Å². The van der Waals surface area contributed by atoms with E-state index in [4.69, 9.17) is 10.1 Å². The van der Waals surface area contributed by atoms with Crippen LogP contribution in [-0.4, -0.2) is 21.1 Å². The van der Waals surface area contributed by atoms with Crippen molar-refractivity contribution < 1.29 is 0 Å². The van der Waals surface area contributed by atoms with Gasteiger partial charge in [-0.25, -0.2) is 4.98 Å². The molecule has 0 saturated carbocycles. The summed E-state index contributed by atoms with van der Waals surface area (Å²) in [5.41, 5.74) is 6.44. The second-order valence-electron chi connectivity index (χ2n) is 6.62. The van der Waals surface area contributed by atoms with Gasteiger partial charge in [-0.05, 0) is 32.3 Å². The molecule has 1 N–H and O–H groups in total. The van der Waals surface area contributed by atoms with Gasteiger partial charge < -0.3 is 5.32 Å². The summed E-state index contributed by atoms with van der Waals surface area (Å²) in [5.74, 6) is 1.58. The third kappa shape index (κ3) is 3.07. The van der Waals surface area contributed by atoms with Crippen molar-refractivity contribution in [1.29, 1.82) is 0 Å². The highest BCUT2D eigenvalue weighted by molar-refractivity contribution is 5.81. The standard InChI is InChI=1S/C19H24N4/c1-12(2)11-20-17-10-14(4)21-19-18(15(5)22-23(17)19)16-8-6-13(3)7-9-16/h6-10,12,20H,11H2,1-5H3.